The van der Waals surface area contributed by atoms with Crippen molar-refractivity contribution >= 4 is 11.3 Å². The molecule has 0 saturated carbocycles. The lowest BCUT2D eigenvalue weighted by Crippen LogP contribution is -2.10. The van der Waals surface area contributed by atoms with Crippen LogP contribution in [0, 0.1) is 6.92 Å². The molecule has 0 fully saturated rings. The first-order valence-corrected chi connectivity index (χ1v) is 6.04. The first kappa shape index (κ1) is 11.2. The fourth-order valence-corrected chi connectivity index (χ4v) is 2.42. The van der Waals surface area contributed by atoms with E-state index in [9.17, 15) is 0 Å². The van der Waals surface area contributed by atoms with Crippen molar-refractivity contribution in [2.24, 2.45) is 5.73 Å². The monoisotopic (exact) mass is 233 g/mol. The van der Waals surface area contributed by atoms with Crippen molar-refractivity contribution in [2.45, 2.75) is 13.0 Å². The summed E-state index contributed by atoms with van der Waals surface area (Å²) in [6.45, 7) is 2.03. The van der Waals surface area contributed by atoms with Gasteiger partial charge in [-0.15, -0.1) is 11.3 Å². The molecule has 0 aliphatic carbocycles. The Labute approximate surface area is 99.7 Å². The minimum atomic E-state index is -0.0606. The summed E-state index contributed by atoms with van der Waals surface area (Å²) in [6, 6.07) is 10.1. The zero-order chi connectivity index (χ0) is 11.5. The summed E-state index contributed by atoms with van der Waals surface area (Å²) >= 11 is 1.68. The van der Waals surface area contributed by atoms with E-state index < -0.39 is 0 Å². The second-order valence-corrected chi connectivity index (χ2v) is 4.70. The Kier molecular flexibility index (Phi) is 3.27. The third kappa shape index (κ3) is 2.10. The van der Waals surface area contributed by atoms with Crippen molar-refractivity contribution in [1.29, 1.82) is 0 Å². The van der Waals surface area contributed by atoms with Crippen molar-refractivity contribution in [2.75, 3.05) is 7.11 Å². The molecule has 1 aromatic carbocycles. The summed E-state index contributed by atoms with van der Waals surface area (Å²) in [5, 5.41) is 2.04. The van der Waals surface area contributed by atoms with Crippen LogP contribution < -0.4 is 10.5 Å². The average Bonchev–Trinajstić information content (AvgIpc) is 2.82. The Balaban J connectivity index is 2.34. The Morgan fingerprint density at radius 2 is 2.12 bits per heavy atom. The summed E-state index contributed by atoms with van der Waals surface area (Å²) in [5.41, 5.74) is 8.41. The van der Waals surface area contributed by atoms with Gasteiger partial charge in [-0.3, -0.25) is 0 Å². The number of thiophene rings is 1. The number of hydrogen-bond acceptors (Lipinski definition) is 3. The molecule has 0 aliphatic heterocycles. The summed E-state index contributed by atoms with van der Waals surface area (Å²) in [5.74, 6) is 0.893. The Bertz CT molecular complexity index is 465. The molecule has 0 aliphatic rings. The van der Waals surface area contributed by atoms with Gasteiger partial charge in [-0.25, -0.2) is 0 Å². The highest BCUT2D eigenvalue weighted by atomic mass is 32.1. The van der Waals surface area contributed by atoms with Gasteiger partial charge in [-0.05, 0) is 35.6 Å². The largest absolute Gasteiger partial charge is 0.496 e. The third-order valence-electron chi connectivity index (χ3n) is 2.64. The highest BCUT2D eigenvalue weighted by Gasteiger charge is 2.11. The fourth-order valence-electron chi connectivity index (χ4n) is 1.66. The molecule has 2 N–H and O–H groups in total. The van der Waals surface area contributed by atoms with Crippen LogP contribution in [0.25, 0.3) is 0 Å². The van der Waals surface area contributed by atoms with Crippen molar-refractivity contribution in [1.82, 2.24) is 0 Å². The van der Waals surface area contributed by atoms with E-state index in [0.717, 1.165) is 16.9 Å². The number of hydrogen-bond donors (Lipinski definition) is 1. The number of aryl methyl sites for hydroxylation is 1. The summed E-state index contributed by atoms with van der Waals surface area (Å²) in [6.07, 6.45) is 0. The van der Waals surface area contributed by atoms with Crippen molar-refractivity contribution in [3.05, 3.63) is 51.7 Å². The molecule has 3 heteroatoms. The summed E-state index contributed by atoms with van der Waals surface area (Å²) in [7, 11) is 1.68. The maximum Gasteiger partial charge on any atom is 0.122 e. The predicted molar refractivity (Wildman–Crippen MR) is 68.1 cm³/mol. The summed E-state index contributed by atoms with van der Waals surface area (Å²) in [4.78, 5) is 1.17. The fraction of sp³-hybridized carbons (Fsp3) is 0.231. The third-order valence-corrected chi connectivity index (χ3v) is 3.60. The molecule has 0 radical (unpaired) electrons. The molecule has 0 bridgehead atoms. The van der Waals surface area contributed by atoms with E-state index in [2.05, 4.69) is 12.1 Å². The molecule has 2 nitrogen and oxygen atoms in total. The molecule has 1 aromatic heterocycles. The second kappa shape index (κ2) is 4.68. The number of ether oxygens (including phenoxy) is 1. The van der Waals surface area contributed by atoms with E-state index in [4.69, 9.17) is 10.5 Å². The quantitative estimate of drug-likeness (QED) is 0.884. The van der Waals surface area contributed by atoms with Crippen LogP contribution >= 0.6 is 11.3 Å². The number of benzene rings is 1. The van der Waals surface area contributed by atoms with Gasteiger partial charge in [-0.1, -0.05) is 18.2 Å². The smallest absolute Gasteiger partial charge is 0.122 e. The van der Waals surface area contributed by atoms with Gasteiger partial charge in [0.2, 0.25) is 0 Å². The Morgan fingerprint density at radius 1 is 1.31 bits per heavy atom. The van der Waals surface area contributed by atoms with Crippen molar-refractivity contribution < 1.29 is 4.74 Å². The molecular formula is C13H15NOS. The molecule has 1 atom stereocenters. The molecule has 2 aromatic rings. The highest BCUT2D eigenvalue weighted by Crippen LogP contribution is 2.27. The van der Waals surface area contributed by atoms with Gasteiger partial charge in [0, 0.05) is 4.88 Å². The van der Waals surface area contributed by atoms with E-state index in [1.807, 2.05) is 30.5 Å². The van der Waals surface area contributed by atoms with Crippen LogP contribution in [0.5, 0.6) is 5.75 Å². The van der Waals surface area contributed by atoms with Gasteiger partial charge in [0.25, 0.3) is 0 Å². The maximum absolute atomic E-state index is 6.19. The van der Waals surface area contributed by atoms with Gasteiger partial charge in [-0.2, -0.15) is 0 Å². The number of methoxy groups -OCH3 is 1. The van der Waals surface area contributed by atoms with Gasteiger partial charge in [0.1, 0.15) is 5.75 Å². The Hall–Kier alpha value is -1.32. The predicted octanol–water partition coefficient (Wildman–Crippen LogP) is 3.11. The molecule has 84 valence electrons. The lowest BCUT2D eigenvalue weighted by atomic mass is 10.0. The van der Waals surface area contributed by atoms with Crippen LogP contribution in [-0.2, 0) is 0 Å². The first-order valence-electron chi connectivity index (χ1n) is 5.16. The molecule has 16 heavy (non-hydrogen) atoms. The normalized spacial score (nSPS) is 12.4. The van der Waals surface area contributed by atoms with E-state index in [0.29, 0.717) is 0 Å². The molecule has 0 saturated heterocycles. The highest BCUT2D eigenvalue weighted by molar-refractivity contribution is 7.10. The average molecular weight is 233 g/mol. The van der Waals surface area contributed by atoms with Crippen molar-refractivity contribution in [3.8, 4) is 5.75 Å². The minimum absolute atomic E-state index is 0.0606. The molecule has 1 unspecified atom stereocenters. The zero-order valence-corrected chi connectivity index (χ0v) is 10.3. The summed E-state index contributed by atoms with van der Waals surface area (Å²) < 4.78 is 5.30. The van der Waals surface area contributed by atoms with Crippen LogP contribution in [-0.4, -0.2) is 7.11 Å². The van der Waals surface area contributed by atoms with Crippen LogP contribution in [0.4, 0.5) is 0 Å². The van der Waals surface area contributed by atoms with Crippen molar-refractivity contribution in [3.63, 3.8) is 0 Å². The SMILES string of the molecule is COc1cc(C(N)c2cccs2)ccc1C. The lowest BCUT2D eigenvalue weighted by Gasteiger charge is -2.12. The van der Waals surface area contributed by atoms with Crippen LogP contribution in [0.2, 0.25) is 0 Å². The van der Waals surface area contributed by atoms with Gasteiger partial charge < -0.3 is 10.5 Å². The van der Waals surface area contributed by atoms with E-state index in [1.54, 1.807) is 18.4 Å². The topological polar surface area (TPSA) is 35.2 Å². The molecule has 0 amide bonds. The molecular weight excluding hydrogens is 218 g/mol. The standard InChI is InChI=1S/C13H15NOS/c1-9-5-6-10(8-11(9)15-2)13(14)12-4-3-7-16-12/h3-8,13H,14H2,1-2H3. The maximum atomic E-state index is 6.19. The zero-order valence-electron chi connectivity index (χ0n) is 9.44. The Morgan fingerprint density at radius 3 is 2.75 bits per heavy atom. The first-order chi connectivity index (χ1) is 7.72. The van der Waals surface area contributed by atoms with Crippen LogP contribution in [0.3, 0.4) is 0 Å². The lowest BCUT2D eigenvalue weighted by molar-refractivity contribution is 0.411. The molecule has 0 spiro atoms. The van der Waals surface area contributed by atoms with Gasteiger partial charge >= 0.3 is 0 Å². The van der Waals surface area contributed by atoms with Gasteiger partial charge in [0.05, 0.1) is 13.2 Å². The van der Waals surface area contributed by atoms with Gasteiger partial charge in [0.15, 0.2) is 0 Å². The van der Waals surface area contributed by atoms with E-state index in [-0.39, 0.29) is 6.04 Å². The number of nitrogens with two attached hydrogens (primary N) is 1. The van der Waals surface area contributed by atoms with Crippen LogP contribution in [0.1, 0.15) is 22.0 Å². The second-order valence-electron chi connectivity index (χ2n) is 3.72. The van der Waals surface area contributed by atoms with Crippen LogP contribution in [0.15, 0.2) is 35.7 Å². The van der Waals surface area contributed by atoms with E-state index in [1.165, 1.54) is 4.88 Å². The molecule has 1 heterocycles. The van der Waals surface area contributed by atoms with E-state index >= 15 is 0 Å². The number of rotatable bonds is 3. The minimum Gasteiger partial charge on any atom is -0.496 e. The molecule has 2 rings (SSSR count).